The van der Waals surface area contributed by atoms with Gasteiger partial charge < -0.3 is 16.4 Å². The van der Waals surface area contributed by atoms with Gasteiger partial charge in [0.25, 0.3) is 0 Å². The summed E-state index contributed by atoms with van der Waals surface area (Å²) in [5.41, 5.74) is 0. The summed E-state index contributed by atoms with van der Waals surface area (Å²) in [7, 11) is 0. The molecule has 0 saturated carbocycles. The predicted octanol–water partition coefficient (Wildman–Crippen LogP) is 0.0604. The van der Waals surface area contributed by atoms with Crippen LogP contribution in [0.5, 0.6) is 0 Å². The SMILES string of the molecule is Cl.[Cr+3].[Cr+3].[O-2].[O-2].[O-2]. The predicted molar refractivity (Wildman–Crippen MR) is 9.31 cm³/mol. The fourth-order valence-electron chi connectivity index (χ4n) is 0. The first kappa shape index (κ1) is 184. The third-order valence-electron chi connectivity index (χ3n) is 0. The summed E-state index contributed by atoms with van der Waals surface area (Å²) in [5.74, 6) is 0. The molecule has 0 aliphatic heterocycles. The zero-order chi connectivity index (χ0) is 0. The van der Waals surface area contributed by atoms with Crippen molar-refractivity contribution < 1.29 is 51.2 Å². The summed E-state index contributed by atoms with van der Waals surface area (Å²) in [5, 5.41) is 0. The van der Waals surface area contributed by atoms with Crippen LogP contribution in [-0.4, -0.2) is 0 Å². The van der Waals surface area contributed by atoms with Crippen LogP contribution in [0, 0.1) is 0 Å². The van der Waals surface area contributed by atoms with Crippen LogP contribution in [-0.2, 0) is 51.2 Å². The quantitative estimate of drug-likeness (QED) is 0.515. The molecule has 0 fully saturated rings. The first-order valence-electron chi connectivity index (χ1n) is 0. The van der Waals surface area contributed by atoms with Gasteiger partial charge in [0.1, 0.15) is 0 Å². The molecule has 0 saturated heterocycles. The molecule has 0 aromatic rings. The minimum Gasteiger partial charge on any atom is -2.00 e. The molecule has 38 valence electrons. The van der Waals surface area contributed by atoms with Gasteiger partial charge in [0.2, 0.25) is 0 Å². The summed E-state index contributed by atoms with van der Waals surface area (Å²) >= 11 is 0. The number of halogens is 1. The molecule has 0 amide bonds. The molecule has 6 heteroatoms. The molecule has 0 N–H and O–H groups in total. The Morgan fingerprint density at radius 1 is 0.500 bits per heavy atom. The van der Waals surface area contributed by atoms with Crippen molar-refractivity contribution >= 4 is 12.4 Å². The first-order valence-corrected chi connectivity index (χ1v) is 0. The van der Waals surface area contributed by atoms with Crippen molar-refractivity contribution in [3.63, 3.8) is 0 Å². The van der Waals surface area contributed by atoms with E-state index in [9.17, 15) is 0 Å². The summed E-state index contributed by atoms with van der Waals surface area (Å²) < 4.78 is 0. The van der Waals surface area contributed by atoms with Crippen LogP contribution < -0.4 is 0 Å². The summed E-state index contributed by atoms with van der Waals surface area (Å²) in [4.78, 5) is 0. The fraction of sp³-hybridized carbons (Fsp3) is 0. The van der Waals surface area contributed by atoms with Gasteiger partial charge in [0.05, 0.1) is 0 Å². The second kappa shape index (κ2) is 112. The van der Waals surface area contributed by atoms with Crippen molar-refractivity contribution in [3.05, 3.63) is 0 Å². The number of hydrogen-bond acceptors (Lipinski definition) is 0. The zero-order valence-corrected chi connectivity index (χ0v) is 5.82. The normalized spacial score (nSPS) is 0. The maximum atomic E-state index is 0. The van der Waals surface area contributed by atoms with E-state index in [2.05, 4.69) is 0 Å². The van der Waals surface area contributed by atoms with Crippen molar-refractivity contribution in [3.8, 4) is 0 Å². The number of rotatable bonds is 0. The Labute approximate surface area is 63.7 Å². The Balaban J connectivity index is 0. The Kier molecular flexibility index (Phi) is 3440. The van der Waals surface area contributed by atoms with Gasteiger partial charge in [0, 0.05) is 0 Å². The van der Waals surface area contributed by atoms with Gasteiger partial charge in [-0.1, -0.05) is 0 Å². The molecule has 0 atom stereocenters. The monoisotopic (exact) mass is 188 g/mol. The summed E-state index contributed by atoms with van der Waals surface area (Å²) in [6.07, 6.45) is 0. The molecule has 0 aliphatic carbocycles. The van der Waals surface area contributed by atoms with Crippen LogP contribution in [0.2, 0.25) is 0 Å². The van der Waals surface area contributed by atoms with Crippen molar-refractivity contribution in [1.29, 1.82) is 0 Å². The van der Waals surface area contributed by atoms with Crippen LogP contribution in [0.15, 0.2) is 0 Å². The molecule has 0 aromatic heterocycles. The molecule has 3 nitrogen and oxygen atoms in total. The third-order valence-corrected chi connectivity index (χ3v) is 0. The van der Waals surface area contributed by atoms with Crippen LogP contribution in [0.3, 0.4) is 0 Å². The summed E-state index contributed by atoms with van der Waals surface area (Å²) in [6, 6.07) is 0. The van der Waals surface area contributed by atoms with E-state index < -0.39 is 0 Å². The van der Waals surface area contributed by atoms with Crippen LogP contribution in [0.4, 0.5) is 0 Å². The minimum atomic E-state index is 0. The van der Waals surface area contributed by atoms with Crippen molar-refractivity contribution in [2.75, 3.05) is 0 Å². The standard InChI is InChI=1S/ClH.2Cr.3O/h1H;;;;;/q;2*+3;3*-2. The Bertz CT molecular complexity index is 8.75. The van der Waals surface area contributed by atoms with E-state index in [1.807, 2.05) is 0 Å². The van der Waals surface area contributed by atoms with E-state index in [0.717, 1.165) is 0 Å². The largest absolute Gasteiger partial charge is 3.00 e. The maximum absolute atomic E-state index is 0. The Morgan fingerprint density at radius 3 is 0.500 bits per heavy atom. The molecule has 6 heavy (non-hydrogen) atoms. The van der Waals surface area contributed by atoms with E-state index in [1.54, 1.807) is 0 Å². The Morgan fingerprint density at radius 2 is 0.500 bits per heavy atom. The maximum Gasteiger partial charge on any atom is 3.00 e. The van der Waals surface area contributed by atoms with Gasteiger partial charge in [-0.25, -0.2) is 0 Å². The van der Waals surface area contributed by atoms with Crippen LogP contribution in [0.1, 0.15) is 0 Å². The third kappa shape index (κ3) is 61.6. The zero-order valence-electron chi connectivity index (χ0n) is 2.45. The topological polar surface area (TPSA) is 85.5 Å². The fourth-order valence-corrected chi connectivity index (χ4v) is 0. The molecule has 0 heterocycles. The van der Waals surface area contributed by atoms with E-state index in [4.69, 9.17) is 0 Å². The van der Waals surface area contributed by atoms with E-state index in [1.165, 1.54) is 0 Å². The second-order valence-electron chi connectivity index (χ2n) is 0. The van der Waals surface area contributed by atoms with Gasteiger partial charge in [-0.3, -0.25) is 0 Å². The van der Waals surface area contributed by atoms with Gasteiger partial charge >= 0.3 is 34.7 Å². The van der Waals surface area contributed by atoms with Crippen molar-refractivity contribution in [2.24, 2.45) is 0 Å². The van der Waals surface area contributed by atoms with E-state index in [-0.39, 0.29) is 63.6 Å². The van der Waals surface area contributed by atoms with E-state index >= 15 is 0 Å². The molecule has 0 unspecified atom stereocenters. The van der Waals surface area contributed by atoms with Crippen molar-refractivity contribution in [1.82, 2.24) is 0 Å². The van der Waals surface area contributed by atoms with Gasteiger partial charge in [-0.15, -0.1) is 12.4 Å². The molecule has 2 radical (unpaired) electrons. The summed E-state index contributed by atoms with van der Waals surface area (Å²) in [6.45, 7) is 0. The average molecular weight is 188 g/mol. The second-order valence-corrected chi connectivity index (χ2v) is 0. The van der Waals surface area contributed by atoms with Gasteiger partial charge in [-0.05, 0) is 0 Å². The molecule has 0 aliphatic rings. The number of hydrogen-bond donors (Lipinski definition) is 0. The smallest absolute Gasteiger partial charge is 2.00 e. The molecule has 0 rings (SSSR count). The van der Waals surface area contributed by atoms with Crippen LogP contribution >= 0.6 is 12.4 Å². The molecule has 0 spiro atoms. The van der Waals surface area contributed by atoms with Crippen molar-refractivity contribution in [2.45, 2.75) is 0 Å². The van der Waals surface area contributed by atoms with Gasteiger partial charge in [-0.2, -0.15) is 0 Å². The van der Waals surface area contributed by atoms with E-state index in [0.29, 0.717) is 0 Å². The minimum absolute atomic E-state index is 0. The Hall–Kier alpha value is 1.23. The first-order chi connectivity index (χ1) is 0. The molecule has 0 aromatic carbocycles. The molecular weight excluding hydrogens is 187 g/mol. The average Bonchev–Trinajstić information content (AvgIpc) is 0. The van der Waals surface area contributed by atoms with Gasteiger partial charge in [0.15, 0.2) is 0 Å². The van der Waals surface area contributed by atoms with Crippen LogP contribution in [0.25, 0.3) is 0 Å². The molecular formula is HClCr2O3. The molecule has 0 bridgehead atoms.